The van der Waals surface area contributed by atoms with Crippen LogP contribution in [0.15, 0.2) is 42.5 Å². The molecule has 0 saturated heterocycles. The van der Waals surface area contributed by atoms with Gasteiger partial charge < -0.3 is 15.7 Å². The van der Waals surface area contributed by atoms with E-state index >= 15 is 0 Å². The van der Waals surface area contributed by atoms with Crippen LogP contribution in [0.3, 0.4) is 0 Å². The summed E-state index contributed by atoms with van der Waals surface area (Å²) in [4.78, 5) is 0. The highest BCUT2D eigenvalue weighted by Gasteiger charge is 2.30. The third kappa shape index (κ3) is 12.4. The maximum Gasteiger partial charge on any atom is 0.401 e. The third-order valence-electron chi connectivity index (χ3n) is 6.16. The summed E-state index contributed by atoms with van der Waals surface area (Å²) in [7, 11) is 0. The molecule has 0 fully saturated rings. The van der Waals surface area contributed by atoms with Gasteiger partial charge in [-0.25, -0.2) is 8.78 Å². The van der Waals surface area contributed by atoms with Crippen LogP contribution in [0.25, 0.3) is 0 Å². The number of unbranched alkanes of at least 4 members (excludes halogenated alkanes) is 2. The van der Waals surface area contributed by atoms with Crippen molar-refractivity contribution in [2.45, 2.75) is 90.6 Å². The summed E-state index contributed by atoms with van der Waals surface area (Å²) in [6.45, 7) is 7.33. The number of aliphatic hydroxyl groups excluding tert-OH is 1. The Balaban J connectivity index is 2.18. The molecule has 3 atom stereocenters. The Bertz CT molecular complexity index is 938. The van der Waals surface area contributed by atoms with Crippen LogP contribution >= 0.6 is 0 Å². The lowest BCUT2D eigenvalue weighted by Gasteiger charge is -2.28. The molecule has 0 amide bonds. The maximum absolute atomic E-state index is 13.7. The topological polar surface area (TPSA) is 44.3 Å². The van der Waals surface area contributed by atoms with Crippen molar-refractivity contribution in [1.82, 2.24) is 10.6 Å². The summed E-state index contributed by atoms with van der Waals surface area (Å²) in [5.41, 5.74) is 2.56. The standard InChI is InChI=1S/C29H41F5N2O/c1-5-6-7-11-25(22-10-8-9-20(12-22)17-28(2,3)4)35-18-27(37)26(36-19-29(32,33)34)15-21-13-23(30)16-24(31)14-21/h8-10,12-14,16,25-27,35-37H,5-7,11,15,17-19H2,1-4H3/t25?,26-,27+/m0/s1. The number of hydrogen-bond acceptors (Lipinski definition) is 3. The van der Waals surface area contributed by atoms with Gasteiger partial charge in [-0.05, 0) is 53.5 Å². The molecular formula is C29H41F5N2O. The molecule has 0 bridgehead atoms. The van der Waals surface area contributed by atoms with Crippen LogP contribution in [0, 0.1) is 17.0 Å². The second-order valence-corrected chi connectivity index (χ2v) is 11.1. The van der Waals surface area contributed by atoms with Gasteiger partial charge in [0.05, 0.1) is 12.6 Å². The van der Waals surface area contributed by atoms with E-state index in [1.165, 1.54) is 5.56 Å². The zero-order valence-electron chi connectivity index (χ0n) is 22.3. The fourth-order valence-corrected chi connectivity index (χ4v) is 4.50. The summed E-state index contributed by atoms with van der Waals surface area (Å²) in [5, 5.41) is 16.6. The van der Waals surface area contributed by atoms with Crippen LogP contribution in [-0.2, 0) is 12.8 Å². The minimum Gasteiger partial charge on any atom is -0.390 e. The van der Waals surface area contributed by atoms with Crippen molar-refractivity contribution < 1.29 is 27.1 Å². The van der Waals surface area contributed by atoms with Gasteiger partial charge in [-0.2, -0.15) is 13.2 Å². The summed E-state index contributed by atoms with van der Waals surface area (Å²) in [5.74, 6) is -1.63. The zero-order valence-corrected chi connectivity index (χ0v) is 22.3. The SMILES string of the molecule is CCCCCC(NC[C@@H](O)[C@H](Cc1cc(F)cc(F)c1)NCC(F)(F)F)c1cccc(CC(C)(C)C)c1. The van der Waals surface area contributed by atoms with Crippen molar-refractivity contribution in [2.75, 3.05) is 13.1 Å². The Hall–Kier alpha value is -2.03. The molecule has 0 heterocycles. The van der Waals surface area contributed by atoms with Crippen LogP contribution in [0.4, 0.5) is 22.0 Å². The zero-order chi connectivity index (χ0) is 27.6. The number of nitrogens with one attached hydrogen (secondary N) is 2. The van der Waals surface area contributed by atoms with Gasteiger partial charge in [0.15, 0.2) is 0 Å². The average molecular weight is 529 g/mol. The van der Waals surface area contributed by atoms with Gasteiger partial charge in [0.1, 0.15) is 11.6 Å². The molecule has 37 heavy (non-hydrogen) atoms. The van der Waals surface area contributed by atoms with Crippen LogP contribution in [-0.4, -0.2) is 36.5 Å². The van der Waals surface area contributed by atoms with E-state index in [9.17, 15) is 27.1 Å². The first-order chi connectivity index (χ1) is 17.3. The van der Waals surface area contributed by atoms with E-state index in [1.54, 1.807) is 0 Å². The highest BCUT2D eigenvalue weighted by Crippen LogP contribution is 2.26. The molecule has 208 valence electrons. The molecule has 0 saturated carbocycles. The summed E-state index contributed by atoms with van der Waals surface area (Å²) in [6, 6.07) is 9.96. The van der Waals surface area contributed by atoms with Crippen molar-refractivity contribution in [3.8, 4) is 0 Å². The molecule has 0 spiro atoms. The first-order valence-electron chi connectivity index (χ1n) is 13.0. The predicted molar refractivity (Wildman–Crippen MR) is 138 cm³/mol. The van der Waals surface area contributed by atoms with E-state index in [1.807, 2.05) is 12.1 Å². The Labute approximate surface area is 217 Å². The second kappa shape index (κ2) is 14.2. The third-order valence-corrected chi connectivity index (χ3v) is 6.16. The molecule has 3 nitrogen and oxygen atoms in total. The van der Waals surface area contributed by atoms with Gasteiger partial charge in [-0.15, -0.1) is 0 Å². The summed E-state index contributed by atoms with van der Waals surface area (Å²) < 4.78 is 66.1. The fourth-order valence-electron chi connectivity index (χ4n) is 4.50. The van der Waals surface area contributed by atoms with Gasteiger partial charge in [0.25, 0.3) is 0 Å². The number of halogens is 5. The largest absolute Gasteiger partial charge is 0.401 e. The molecule has 0 aromatic heterocycles. The van der Waals surface area contributed by atoms with Crippen molar-refractivity contribution in [2.24, 2.45) is 5.41 Å². The Morgan fingerprint density at radius 2 is 1.57 bits per heavy atom. The molecular weight excluding hydrogens is 487 g/mol. The van der Waals surface area contributed by atoms with E-state index < -0.39 is 36.5 Å². The van der Waals surface area contributed by atoms with E-state index in [0.717, 1.165) is 49.8 Å². The minimum atomic E-state index is -4.49. The predicted octanol–water partition coefficient (Wildman–Crippen LogP) is 6.89. The molecule has 3 N–H and O–H groups in total. The molecule has 8 heteroatoms. The molecule has 0 aliphatic heterocycles. The van der Waals surface area contributed by atoms with E-state index in [0.29, 0.717) is 6.07 Å². The molecule has 2 rings (SSSR count). The number of rotatable bonds is 14. The Morgan fingerprint density at radius 1 is 0.892 bits per heavy atom. The molecule has 0 radical (unpaired) electrons. The molecule has 2 aromatic carbocycles. The van der Waals surface area contributed by atoms with E-state index in [-0.39, 0.29) is 30.0 Å². The fraction of sp³-hybridized carbons (Fsp3) is 0.586. The molecule has 2 aromatic rings. The number of alkyl halides is 3. The van der Waals surface area contributed by atoms with Crippen LogP contribution in [0.1, 0.15) is 76.1 Å². The smallest absolute Gasteiger partial charge is 0.390 e. The Morgan fingerprint density at radius 3 is 2.16 bits per heavy atom. The molecule has 0 aliphatic rings. The van der Waals surface area contributed by atoms with Crippen molar-refractivity contribution in [3.05, 3.63) is 70.8 Å². The van der Waals surface area contributed by atoms with Crippen LogP contribution in [0.2, 0.25) is 0 Å². The van der Waals surface area contributed by atoms with E-state index in [4.69, 9.17) is 0 Å². The second-order valence-electron chi connectivity index (χ2n) is 11.1. The van der Waals surface area contributed by atoms with Gasteiger partial charge in [-0.1, -0.05) is 71.2 Å². The minimum absolute atomic E-state index is 0.0214. The van der Waals surface area contributed by atoms with Gasteiger partial charge in [-0.3, -0.25) is 0 Å². The average Bonchev–Trinajstić information content (AvgIpc) is 2.76. The Kier molecular flexibility index (Phi) is 12.0. The van der Waals surface area contributed by atoms with Crippen molar-refractivity contribution in [3.63, 3.8) is 0 Å². The quantitative estimate of drug-likeness (QED) is 0.185. The van der Waals surface area contributed by atoms with Crippen molar-refractivity contribution in [1.29, 1.82) is 0 Å². The van der Waals surface area contributed by atoms with Crippen LogP contribution < -0.4 is 10.6 Å². The van der Waals surface area contributed by atoms with Crippen LogP contribution in [0.5, 0.6) is 0 Å². The monoisotopic (exact) mass is 528 g/mol. The van der Waals surface area contributed by atoms with Gasteiger partial charge in [0.2, 0.25) is 0 Å². The highest BCUT2D eigenvalue weighted by atomic mass is 19.4. The lowest BCUT2D eigenvalue weighted by atomic mass is 9.87. The van der Waals surface area contributed by atoms with E-state index in [2.05, 4.69) is 50.5 Å². The van der Waals surface area contributed by atoms with Gasteiger partial charge in [0, 0.05) is 24.7 Å². The molecule has 1 unspecified atom stereocenters. The first-order valence-corrected chi connectivity index (χ1v) is 13.0. The molecule has 0 aliphatic carbocycles. The summed E-state index contributed by atoms with van der Waals surface area (Å²) in [6.07, 6.45) is -1.10. The van der Waals surface area contributed by atoms with Crippen molar-refractivity contribution >= 4 is 0 Å². The maximum atomic E-state index is 13.7. The van der Waals surface area contributed by atoms with Gasteiger partial charge >= 0.3 is 6.18 Å². The normalized spacial score (nSPS) is 15.0. The number of benzene rings is 2. The lowest BCUT2D eigenvalue weighted by Crippen LogP contribution is -2.49. The number of aliphatic hydroxyl groups is 1. The summed E-state index contributed by atoms with van der Waals surface area (Å²) >= 11 is 0. The lowest BCUT2D eigenvalue weighted by molar-refractivity contribution is -0.127. The first kappa shape index (κ1) is 31.2. The highest BCUT2D eigenvalue weighted by molar-refractivity contribution is 5.27. The number of hydrogen-bond donors (Lipinski definition) is 3.